The number of benzene rings is 1. The molecule has 106 valence electrons. The molecule has 0 aliphatic carbocycles. The molecule has 0 aliphatic heterocycles. The number of amides is 1. The molecule has 1 N–H and O–H groups in total. The summed E-state index contributed by atoms with van der Waals surface area (Å²) in [5, 5.41) is 2.94. The predicted molar refractivity (Wildman–Crippen MR) is 77.3 cm³/mol. The molecule has 1 aromatic carbocycles. The van der Waals surface area contributed by atoms with E-state index in [4.69, 9.17) is 4.74 Å². The summed E-state index contributed by atoms with van der Waals surface area (Å²) in [6.45, 7) is 8.42. The number of carbonyl (C=O) groups excluding carboxylic acids is 1. The second-order valence-electron chi connectivity index (χ2n) is 4.41. The Morgan fingerprint density at radius 2 is 1.84 bits per heavy atom. The maximum atomic E-state index is 11.9. The summed E-state index contributed by atoms with van der Waals surface area (Å²) in [5.41, 5.74) is 1.77. The summed E-state index contributed by atoms with van der Waals surface area (Å²) in [6, 6.07) is 7.51. The molecular weight excluding hydrogens is 240 g/mol. The number of hydrogen-bond acceptors (Lipinski definition) is 3. The van der Waals surface area contributed by atoms with Crippen molar-refractivity contribution in [3.05, 3.63) is 35.4 Å². The van der Waals surface area contributed by atoms with Crippen LogP contribution in [0.3, 0.4) is 0 Å². The molecule has 1 aromatic rings. The van der Waals surface area contributed by atoms with Crippen LogP contribution >= 0.6 is 0 Å². The van der Waals surface area contributed by atoms with Crippen LogP contribution in [0, 0.1) is 0 Å². The van der Waals surface area contributed by atoms with Crippen LogP contribution in [0.5, 0.6) is 0 Å². The Morgan fingerprint density at radius 1 is 1.21 bits per heavy atom. The summed E-state index contributed by atoms with van der Waals surface area (Å²) in [7, 11) is 1.66. The number of carbonyl (C=O) groups is 1. The summed E-state index contributed by atoms with van der Waals surface area (Å²) < 4.78 is 5.04. The van der Waals surface area contributed by atoms with Gasteiger partial charge in [-0.15, -0.1) is 0 Å². The third-order valence-corrected chi connectivity index (χ3v) is 3.14. The molecule has 0 aliphatic rings. The molecule has 0 saturated carbocycles. The Kier molecular flexibility index (Phi) is 7.15. The zero-order valence-electron chi connectivity index (χ0n) is 12.1. The lowest BCUT2D eigenvalue weighted by Gasteiger charge is -2.17. The van der Waals surface area contributed by atoms with Crippen molar-refractivity contribution in [1.29, 1.82) is 0 Å². The predicted octanol–water partition coefficient (Wildman–Crippen LogP) is 1.90. The van der Waals surface area contributed by atoms with E-state index in [2.05, 4.69) is 24.1 Å². The van der Waals surface area contributed by atoms with Crippen molar-refractivity contribution in [2.45, 2.75) is 20.5 Å². The van der Waals surface area contributed by atoms with Gasteiger partial charge in [-0.2, -0.15) is 0 Å². The quantitative estimate of drug-likeness (QED) is 0.780. The minimum Gasteiger partial charge on any atom is -0.380 e. The van der Waals surface area contributed by atoms with Gasteiger partial charge in [0.1, 0.15) is 0 Å². The SMILES string of the molecule is CCN(CC)CCNC(=O)c1ccc(COC)cc1. The molecule has 0 saturated heterocycles. The molecular formula is C15H24N2O2. The topological polar surface area (TPSA) is 41.6 Å². The number of likely N-dealkylation sites (N-methyl/N-ethyl adjacent to an activating group) is 1. The van der Waals surface area contributed by atoms with Crippen molar-refractivity contribution >= 4 is 5.91 Å². The first-order chi connectivity index (χ1) is 9.21. The Hall–Kier alpha value is -1.39. The first-order valence-corrected chi connectivity index (χ1v) is 6.79. The fraction of sp³-hybridized carbons (Fsp3) is 0.533. The van der Waals surface area contributed by atoms with Crippen molar-refractivity contribution in [2.75, 3.05) is 33.3 Å². The minimum atomic E-state index is -0.0175. The first kappa shape index (κ1) is 15.7. The van der Waals surface area contributed by atoms with E-state index in [1.54, 1.807) is 7.11 Å². The van der Waals surface area contributed by atoms with Crippen LogP contribution < -0.4 is 5.32 Å². The van der Waals surface area contributed by atoms with Gasteiger partial charge in [-0.1, -0.05) is 26.0 Å². The van der Waals surface area contributed by atoms with Gasteiger partial charge in [0.2, 0.25) is 0 Å². The van der Waals surface area contributed by atoms with E-state index >= 15 is 0 Å². The van der Waals surface area contributed by atoms with E-state index in [9.17, 15) is 4.79 Å². The van der Waals surface area contributed by atoms with Crippen LogP contribution in [-0.4, -0.2) is 44.1 Å². The molecule has 0 unspecified atom stereocenters. The molecule has 19 heavy (non-hydrogen) atoms. The molecule has 4 heteroatoms. The lowest BCUT2D eigenvalue weighted by molar-refractivity contribution is 0.0949. The maximum Gasteiger partial charge on any atom is 0.251 e. The zero-order valence-corrected chi connectivity index (χ0v) is 12.1. The summed E-state index contributed by atoms with van der Waals surface area (Å²) in [4.78, 5) is 14.2. The van der Waals surface area contributed by atoms with E-state index in [0.29, 0.717) is 18.7 Å². The average Bonchev–Trinajstić information content (AvgIpc) is 2.44. The Balaban J connectivity index is 2.40. The molecule has 1 rings (SSSR count). The second-order valence-corrected chi connectivity index (χ2v) is 4.41. The van der Waals surface area contributed by atoms with Crippen LogP contribution in [0.2, 0.25) is 0 Å². The molecule has 0 atom stereocenters. The average molecular weight is 264 g/mol. The summed E-state index contributed by atoms with van der Waals surface area (Å²) in [6.07, 6.45) is 0. The van der Waals surface area contributed by atoms with Gasteiger partial charge in [0.25, 0.3) is 5.91 Å². The molecule has 0 bridgehead atoms. The lowest BCUT2D eigenvalue weighted by atomic mass is 10.1. The minimum absolute atomic E-state index is 0.0175. The fourth-order valence-electron chi connectivity index (χ4n) is 1.89. The number of rotatable bonds is 8. The van der Waals surface area contributed by atoms with E-state index in [1.165, 1.54) is 0 Å². The van der Waals surface area contributed by atoms with Crippen LogP contribution in [0.15, 0.2) is 24.3 Å². The Bertz CT molecular complexity index is 372. The van der Waals surface area contributed by atoms with Gasteiger partial charge in [0.05, 0.1) is 6.61 Å². The van der Waals surface area contributed by atoms with Crippen molar-refractivity contribution in [3.8, 4) is 0 Å². The van der Waals surface area contributed by atoms with Crippen LogP contribution in [0.25, 0.3) is 0 Å². The highest BCUT2D eigenvalue weighted by Gasteiger charge is 2.05. The van der Waals surface area contributed by atoms with Crippen molar-refractivity contribution in [1.82, 2.24) is 10.2 Å². The van der Waals surface area contributed by atoms with Gasteiger partial charge in [-0.3, -0.25) is 4.79 Å². The van der Waals surface area contributed by atoms with Crippen molar-refractivity contribution < 1.29 is 9.53 Å². The highest BCUT2D eigenvalue weighted by molar-refractivity contribution is 5.94. The van der Waals surface area contributed by atoms with Crippen molar-refractivity contribution in [2.24, 2.45) is 0 Å². The Morgan fingerprint density at radius 3 is 2.37 bits per heavy atom. The van der Waals surface area contributed by atoms with Gasteiger partial charge < -0.3 is 15.0 Å². The van der Waals surface area contributed by atoms with Gasteiger partial charge in [0.15, 0.2) is 0 Å². The molecule has 0 radical (unpaired) electrons. The summed E-state index contributed by atoms with van der Waals surface area (Å²) in [5.74, 6) is -0.0175. The highest BCUT2D eigenvalue weighted by atomic mass is 16.5. The molecule has 1 amide bonds. The van der Waals surface area contributed by atoms with Crippen LogP contribution in [-0.2, 0) is 11.3 Å². The number of hydrogen-bond donors (Lipinski definition) is 1. The third-order valence-electron chi connectivity index (χ3n) is 3.14. The van der Waals surface area contributed by atoms with Crippen molar-refractivity contribution in [3.63, 3.8) is 0 Å². The number of methoxy groups -OCH3 is 1. The van der Waals surface area contributed by atoms with Crippen LogP contribution in [0.1, 0.15) is 29.8 Å². The Labute approximate surface area is 115 Å². The van der Waals surface area contributed by atoms with Gasteiger partial charge in [-0.05, 0) is 30.8 Å². The van der Waals surface area contributed by atoms with E-state index in [0.717, 1.165) is 25.2 Å². The zero-order chi connectivity index (χ0) is 14.1. The molecule has 0 heterocycles. The van der Waals surface area contributed by atoms with E-state index < -0.39 is 0 Å². The molecule has 0 fully saturated rings. The van der Waals surface area contributed by atoms with Gasteiger partial charge in [-0.25, -0.2) is 0 Å². The number of ether oxygens (including phenoxy) is 1. The largest absolute Gasteiger partial charge is 0.380 e. The number of nitrogens with zero attached hydrogens (tertiary/aromatic N) is 1. The van der Waals surface area contributed by atoms with Gasteiger partial charge in [0, 0.05) is 25.8 Å². The third kappa shape index (κ3) is 5.41. The first-order valence-electron chi connectivity index (χ1n) is 6.79. The second kappa shape index (κ2) is 8.67. The van der Waals surface area contributed by atoms with Crippen LogP contribution in [0.4, 0.5) is 0 Å². The number of nitrogens with one attached hydrogen (secondary N) is 1. The smallest absolute Gasteiger partial charge is 0.251 e. The van der Waals surface area contributed by atoms with E-state index in [1.807, 2.05) is 24.3 Å². The molecule has 4 nitrogen and oxygen atoms in total. The van der Waals surface area contributed by atoms with Gasteiger partial charge >= 0.3 is 0 Å². The highest BCUT2D eigenvalue weighted by Crippen LogP contribution is 2.05. The molecule has 0 spiro atoms. The fourth-order valence-corrected chi connectivity index (χ4v) is 1.89. The summed E-state index contributed by atoms with van der Waals surface area (Å²) >= 11 is 0. The van der Waals surface area contributed by atoms with E-state index in [-0.39, 0.29) is 5.91 Å². The molecule has 0 aromatic heterocycles. The maximum absolute atomic E-state index is 11.9. The normalized spacial score (nSPS) is 10.7. The standard InChI is InChI=1S/C15H24N2O2/c1-4-17(5-2)11-10-16-15(18)14-8-6-13(7-9-14)12-19-3/h6-9H,4-5,10-12H2,1-3H3,(H,16,18). The lowest BCUT2D eigenvalue weighted by Crippen LogP contribution is -2.34. The monoisotopic (exact) mass is 264 g/mol.